The van der Waals surface area contributed by atoms with Crippen LogP contribution in [0.2, 0.25) is 0 Å². The van der Waals surface area contributed by atoms with Gasteiger partial charge in [-0.2, -0.15) is 0 Å². The number of hydrogen-bond acceptors (Lipinski definition) is 1. The number of alkyl halides is 1. The number of halogens is 1. The summed E-state index contributed by atoms with van der Waals surface area (Å²) in [5.74, 6) is 2.58. The Balaban J connectivity index is 1.93. The van der Waals surface area contributed by atoms with Gasteiger partial charge in [0, 0.05) is 5.33 Å². The van der Waals surface area contributed by atoms with Gasteiger partial charge in [0.25, 0.3) is 0 Å². The van der Waals surface area contributed by atoms with Crippen molar-refractivity contribution in [2.75, 3.05) is 5.33 Å². The minimum atomic E-state index is 0.147. The SMILES string of the molecule is CC1CCC(CBr)(OC2CC(C)CC(C)C2)CC1. The zero-order valence-electron chi connectivity index (χ0n) is 12.3. The van der Waals surface area contributed by atoms with Crippen LogP contribution < -0.4 is 0 Å². The number of hydrogen-bond donors (Lipinski definition) is 0. The molecule has 0 saturated heterocycles. The maximum absolute atomic E-state index is 6.61. The van der Waals surface area contributed by atoms with Crippen molar-refractivity contribution >= 4 is 15.9 Å². The molecule has 0 heterocycles. The van der Waals surface area contributed by atoms with Crippen LogP contribution in [0.25, 0.3) is 0 Å². The molecule has 2 unspecified atom stereocenters. The molecule has 2 atom stereocenters. The lowest BCUT2D eigenvalue weighted by molar-refractivity contribution is -0.124. The smallest absolute Gasteiger partial charge is 0.0782 e. The molecule has 0 aromatic heterocycles. The number of ether oxygens (including phenoxy) is 1. The van der Waals surface area contributed by atoms with Crippen molar-refractivity contribution in [3.63, 3.8) is 0 Å². The van der Waals surface area contributed by atoms with Gasteiger partial charge < -0.3 is 4.74 Å². The van der Waals surface area contributed by atoms with Crippen LogP contribution in [0.3, 0.4) is 0 Å². The van der Waals surface area contributed by atoms with E-state index < -0.39 is 0 Å². The highest BCUT2D eigenvalue weighted by Gasteiger charge is 2.38. The summed E-state index contributed by atoms with van der Waals surface area (Å²) in [5.41, 5.74) is 0.147. The van der Waals surface area contributed by atoms with Gasteiger partial charge in [0.05, 0.1) is 11.7 Å². The molecule has 2 aliphatic rings. The van der Waals surface area contributed by atoms with E-state index in [1.54, 1.807) is 0 Å². The Labute approximate surface area is 121 Å². The normalized spacial score (nSPS) is 46.0. The maximum Gasteiger partial charge on any atom is 0.0782 e. The summed E-state index contributed by atoms with van der Waals surface area (Å²) in [6.07, 6.45) is 9.61. The van der Waals surface area contributed by atoms with E-state index in [4.69, 9.17) is 4.74 Å². The Morgan fingerprint density at radius 2 is 1.50 bits per heavy atom. The van der Waals surface area contributed by atoms with Gasteiger partial charge in [-0.05, 0) is 62.7 Å². The third kappa shape index (κ3) is 3.72. The molecule has 2 saturated carbocycles. The molecular formula is C16H29BrO. The average molecular weight is 317 g/mol. The molecule has 1 nitrogen and oxygen atoms in total. The van der Waals surface area contributed by atoms with Crippen molar-refractivity contribution in [1.82, 2.24) is 0 Å². The maximum atomic E-state index is 6.61. The van der Waals surface area contributed by atoms with Crippen molar-refractivity contribution in [2.45, 2.75) is 77.4 Å². The van der Waals surface area contributed by atoms with Gasteiger partial charge in [-0.1, -0.05) is 36.7 Å². The Kier molecular flexibility index (Phi) is 5.16. The first kappa shape index (κ1) is 14.8. The Morgan fingerprint density at radius 3 is 2.00 bits per heavy atom. The summed E-state index contributed by atoms with van der Waals surface area (Å²) in [6, 6.07) is 0. The molecule has 0 bridgehead atoms. The van der Waals surface area contributed by atoms with E-state index in [9.17, 15) is 0 Å². The van der Waals surface area contributed by atoms with Gasteiger partial charge in [-0.3, -0.25) is 0 Å². The van der Waals surface area contributed by atoms with E-state index in [1.165, 1.54) is 44.9 Å². The van der Waals surface area contributed by atoms with Crippen LogP contribution in [0.4, 0.5) is 0 Å². The molecule has 106 valence electrons. The van der Waals surface area contributed by atoms with Crippen LogP contribution in [-0.2, 0) is 4.74 Å². The van der Waals surface area contributed by atoms with Crippen LogP contribution in [0.1, 0.15) is 65.7 Å². The van der Waals surface area contributed by atoms with E-state index in [1.807, 2.05) is 0 Å². The van der Waals surface area contributed by atoms with Crippen LogP contribution in [0.15, 0.2) is 0 Å². The highest BCUT2D eigenvalue weighted by atomic mass is 79.9. The molecule has 0 aliphatic heterocycles. The van der Waals surface area contributed by atoms with Gasteiger partial charge in [-0.25, -0.2) is 0 Å². The number of rotatable bonds is 3. The fourth-order valence-corrected chi connectivity index (χ4v) is 4.59. The summed E-state index contributed by atoms with van der Waals surface area (Å²) < 4.78 is 6.61. The predicted octanol–water partition coefficient (Wildman–Crippen LogP) is 5.17. The highest BCUT2D eigenvalue weighted by Crippen LogP contribution is 2.40. The zero-order chi connectivity index (χ0) is 13.2. The minimum absolute atomic E-state index is 0.147. The second-order valence-electron chi connectivity index (χ2n) is 7.16. The summed E-state index contributed by atoms with van der Waals surface area (Å²) in [5, 5.41) is 1.02. The van der Waals surface area contributed by atoms with Crippen molar-refractivity contribution in [3.05, 3.63) is 0 Å². The second-order valence-corrected chi connectivity index (χ2v) is 7.72. The van der Waals surface area contributed by atoms with Gasteiger partial charge in [-0.15, -0.1) is 0 Å². The van der Waals surface area contributed by atoms with Gasteiger partial charge in [0.2, 0.25) is 0 Å². The van der Waals surface area contributed by atoms with Crippen LogP contribution in [0.5, 0.6) is 0 Å². The standard InChI is InChI=1S/C16H29BrO/c1-12-4-6-16(11-17,7-5-12)18-15-9-13(2)8-14(3)10-15/h12-15H,4-11H2,1-3H3. The van der Waals surface area contributed by atoms with Gasteiger partial charge in [0.1, 0.15) is 0 Å². The first-order valence-corrected chi connectivity index (χ1v) is 8.89. The molecule has 0 aromatic rings. The lowest BCUT2D eigenvalue weighted by Crippen LogP contribution is -2.43. The van der Waals surface area contributed by atoms with Crippen LogP contribution in [-0.4, -0.2) is 17.0 Å². The summed E-state index contributed by atoms with van der Waals surface area (Å²) in [6.45, 7) is 7.15. The molecule has 2 aliphatic carbocycles. The molecule has 2 heteroatoms. The minimum Gasteiger partial charge on any atom is -0.371 e. The third-order valence-corrected chi connectivity index (χ3v) is 6.00. The summed E-state index contributed by atoms with van der Waals surface area (Å²) in [4.78, 5) is 0. The van der Waals surface area contributed by atoms with E-state index in [0.717, 1.165) is 23.1 Å². The van der Waals surface area contributed by atoms with E-state index in [2.05, 4.69) is 36.7 Å². The fraction of sp³-hybridized carbons (Fsp3) is 1.00. The molecule has 0 aromatic carbocycles. The fourth-order valence-electron chi connectivity index (χ4n) is 3.89. The van der Waals surface area contributed by atoms with Crippen molar-refractivity contribution in [1.29, 1.82) is 0 Å². The topological polar surface area (TPSA) is 9.23 Å². The largest absolute Gasteiger partial charge is 0.371 e. The lowest BCUT2D eigenvalue weighted by Gasteiger charge is -2.43. The van der Waals surface area contributed by atoms with Crippen LogP contribution in [0, 0.1) is 17.8 Å². The first-order chi connectivity index (χ1) is 8.53. The Hall–Kier alpha value is 0.440. The predicted molar refractivity (Wildman–Crippen MR) is 81.2 cm³/mol. The second kappa shape index (κ2) is 6.26. The molecule has 18 heavy (non-hydrogen) atoms. The van der Waals surface area contributed by atoms with Crippen molar-refractivity contribution in [2.24, 2.45) is 17.8 Å². The molecule has 0 radical (unpaired) electrons. The van der Waals surface area contributed by atoms with Crippen molar-refractivity contribution < 1.29 is 4.74 Å². The zero-order valence-corrected chi connectivity index (χ0v) is 13.8. The quantitative estimate of drug-likeness (QED) is 0.652. The Morgan fingerprint density at radius 1 is 0.944 bits per heavy atom. The molecular weight excluding hydrogens is 288 g/mol. The van der Waals surface area contributed by atoms with Gasteiger partial charge >= 0.3 is 0 Å². The molecule has 2 rings (SSSR count). The highest BCUT2D eigenvalue weighted by molar-refractivity contribution is 9.09. The van der Waals surface area contributed by atoms with E-state index in [0.29, 0.717) is 6.10 Å². The molecule has 2 fully saturated rings. The average Bonchev–Trinajstić information content (AvgIpc) is 2.31. The first-order valence-electron chi connectivity index (χ1n) is 7.77. The summed E-state index contributed by atoms with van der Waals surface area (Å²) in [7, 11) is 0. The molecule has 0 amide bonds. The third-order valence-electron chi connectivity index (χ3n) is 4.98. The van der Waals surface area contributed by atoms with E-state index in [-0.39, 0.29) is 5.60 Å². The molecule has 0 spiro atoms. The van der Waals surface area contributed by atoms with Gasteiger partial charge in [0.15, 0.2) is 0 Å². The monoisotopic (exact) mass is 316 g/mol. The summed E-state index contributed by atoms with van der Waals surface area (Å²) >= 11 is 3.72. The van der Waals surface area contributed by atoms with E-state index >= 15 is 0 Å². The Bertz CT molecular complexity index is 248. The van der Waals surface area contributed by atoms with Crippen molar-refractivity contribution in [3.8, 4) is 0 Å². The molecule has 0 N–H and O–H groups in total. The lowest BCUT2D eigenvalue weighted by atomic mass is 9.78. The van der Waals surface area contributed by atoms with Crippen LogP contribution >= 0.6 is 15.9 Å².